The van der Waals surface area contributed by atoms with Crippen LogP contribution in [0.4, 0.5) is 10.1 Å². The lowest BCUT2D eigenvalue weighted by atomic mass is 10.1. The fourth-order valence-electron chi connectivity index (χ4n) is 2.88. The van der Waals surface area contributed by atoms with E-state index in [0.29, 0.717) is 12.1 Å². The molecule has 3 nitrogen and oxygen atoms in total. The highest BCUT2D eigenvalue weighted by molar-refractivity contribution is 5.78. The molecule has 1 aliphatic heterocycles. The van der Waals surface area contributed by atoms with Crippen LogP contribution in [0, 0.1) is 5.82 Å². The quantitative estimate of drug-likeness (QED) is 0.919. The van der Waals surface area contributed by atoms with Crippen molar-refractivity contribution in [3.63, 3.8) is 0 Å². The molecule has 0 saturated carbocycles. The molecule has 120 valence electrons. The van der Waals surface area contributed by atoms with Gasteiger partial charge in [0.1, 0.15) is 5.82 Å². The lowest BCUT2D eigenvalue weighted by Gasteiger charge is -2.17. The molecule has 0 radical (unpaired) electrons. The Bertz CT molecular complexity index is 663. The van der Waals surface area contributed by atoms with E-state index in [9.17, 15) is 9.18 Å². The number of benzene rings is 2. The summed E-state index contributed by atoms with van der Waals surface area (Å²) >= 11 is 0. The maximum Gasteiger partial charge on any atom is 0.224 e. The van der Waals surface area contributed by atoms with Crippen LogP contribution in [0.3, 0.4) is 0 Å². The average molecular weight is 312 g/mol. The molecule has 1 heterocycles. The molecule has 0 unspecified atom stereocenters. The summed E-state index contributed by atoms with van der Waals surface area (Å²) in [5.74, 6) is -0.503. The number of carbonyl (C=O) groups is 1. The lowest BCUT2D eigenvalue weighted by molar-refractivity contribution is -0.120. The van der Waals surface area contributed by atoms with Gasteiger partial charge in [0.2, 0.25) is 5.91 Å². The highest BCUT2D eigenvalue weighted by Gasteiger charge is 2.12. The highest BCUT2D eigenvalue weighted by atomic mass is 19.1. The average Bonchev–Trinajstić information content (AvgIpc) is 3.10. The van der Waals surface area contributed by atoms with Crippen molar-refractivity contribution in [1.29, 1.82) is 0 Å². The molecule has 0 atom stereocenters. The maximum atomic E-state index is 13.5. The lowest BCUT2D eigenvalue weighted by Crippen LogP contribution is -2.25. The van der Waals surface area contributed by atoms with Crippen molar-refractivity contribution in [2.24, 2.45) is 0 Å². The van der Waals surface area contributed by atoms with Crippen LogP contribution in [0.1, 0.15) is 24.0 Å². The second kappa shape index (κ2) is 7.27. The van der Waals surface area contributed by atoms with Crippen molar-refractivity contribution in [2.75, 3.05) is 18.0 Å². The minimum absolute atomic E-state index is 0.0680. The second-order valence-electron chi connectivity index (χ2n) is 5.91. The summed E-state index contributed by atoms with van der Waals surface area (Å²) in [5, 5.41) is 2.84. The SMILES string of the molecule is O=C(Cc1ccccc1F)NCc1ccc(N2CCCC2)cc1. The largest absolute Gasteiger partial charge is 0.372 e. The summed E-state index contributed by atoms with van der Waals surface area (Å²) in [6.07, 6.45) is 2.58. The topological polar surface area (TPSA) is 32.3 Å². The molecule has 0 aliphatic carbocycles. The standard InChI is InChI=1S/C19H21FN2O/c20-18-6-2-1-5-16(18)13-19(23)21-14-15-7-9-17(10-8-15)22-11-3-4-12-22/h1-2,5-10H,3-4,11-14H2,(H,21,23). The van der Waals surface area contributed by atoms with Crippen LogP contribution >= 0.6 is 0 Å². The molecule has 23 heavy (non-hydrogen) atoms. The molecule has 1 fully saturated rings. The number of hydrogen-bond acceptors (Lipinski definition) is 2. The predicted octanol–water partition coefficient (Wildman–Crippen LogP) is 3.28. The fourth-order valence-corrected chi connectivity index (χ4v) is 2.88. The van der Waals surface area contributed by atoms with Gasteiger partial charge >= 0.3 is 0 Å². The molecular formula is C19H21FN2O. The van der Waals surface area contributed by atoms with Crippen LogP contribution in [0.2, 0.25) is 0 Å². The Labute approximate surface area is 136 Å². The molecule has 1 N–H and O–H groups in total. The van der Waals surface area contributed by atoms with Gasteiger partial charge in [0.05, 0.1) is 6.42 Å². The monoisotopic (exact) mass is 312 g/mol. The number of nitrogens with one attached hydrogen (secondary N) is 1. The number of anilines is 1. The van der Waals surface area contributed by atoms with E-state index in [1.165, 1.54) is 24.6 Å². The van der Waals surface area contributed by atoms with Gasteiger partial charge in [0.25, 0.3) is 0 Å². The smallest absolute Gasteiger partial charge is 0.224 e. The third-order valence-corrected chi connectivity index (χ3v) is 4.21. The van der Waals surface area contributed by atoms with E-state index in [2.05, 4.69) is 22.3 Å². The minimum Gasteiger partial charge on any atom is -0.372 e. The van der Waals surface area contributed by atoms with E-state index in [1.807, 2.05) is 12.1 Å². The van der Waals surface area contributed by atoms with Gasteiger partial charge < -0.3 is 10.2 Å². The zero-order valence-electron chi connectivity index (χ0n) is 13.1. The van der Waals surface area contributed by atoms with Crippen molar-refractivity contribution < 1.29 is 9.18 Å². The first-order valence-electron chi connectivity index (χ1n) is 8.06. The Balaban J connectivity index is 1.51. The van der Waals surface area contributed by atoms with Crippen molar-refractivity contribution >= 4 is 11.6 Å². The van der Waals surface area contributed by atoms with E-state index in [-0.39, 0.29) is 18.1 Å². The number of carbonyl (C=O) groups excluding carboxylic acids is 1. The number of amides is 1. The number of halogens is 1. The molecule has 0 aromatic heterocycles. The summed E-state index contributed by atoms with van der Waals surface area (Å²) in [7, 11) is 0. The van der Waals surface area contributed by atoms with Gasteiger partial charge in [-0.3, -0.25) is 4.79 Å². The van der Waals surface area contributed by atoms with E-state index < -0.39 is 0 Å². The molecule has 0 bridgehead atoms. The minimum atomic E-state index is -0.336. The first kappa shape index (κ1) is 15.5. The Kier molecular flexibility index (Phi) is 4.91. The summed E-state index contributed by atoms with van der Waals surface area (Å²) in [4.78, 5) is 14.3. The first-order chi connectivity index (χ1) is 11.2. The van der Waals surface area contributed by atoms with Crippen molar-refractivity contribution in [3.8, 4) is 0 Å². The van der Waals surface area contributed by atoms with E-state index in [1.54, 1.807) is 18.2 Å². The van der Waals surface area contributed by atoms with Gasteiger partial charge in [-0.2, -0.15) is 0 Å². The van der Waals surface area contributed by atoms with Crippen molar-refractivity contribution in [2.45, 2.75) is 25.8 Å². The molecule has 0 spiro atoms. The van der Waals surface area contributed by atoms with Gasteiger partial charge in [-0.15, -0.1) is 0 Å². The Hall–Kier alpha value is -2.36. The number of hydrogen-bond donors (Lipinski definition) is 1. The highest BCUT2D eigenvalue weighted by Crippen LogP contribution is 2.20. The molecule has 2 aromatic rings. The van der Waals surface area contributed by atoms with Crippen LogP contribution < -0.4 is 10.2 Å². The van der Waals surface area contributed by atoms with Crippen LogP contribution in [0.15, 0.2) is 48.5 Å². The molecule has 1 amide bonds. The third-order valence-electron chi connectivity index (χ3n) is 4.21. The predicted molar refractivity (Wildman–Crippen MR) is 89.8 cm³/mol. The van der Waals surface area contributed by atoms with E-state index in [0.717, 1.165) is 18.7 Å². The summed E-state index contributed by atoms with van der Waals surface area (Å²) < 4.78 is 13.5. The van der Waals surface area contributed by atoms with E-state index in [4.69, 9.17) is 0 Å². The van der Waals surface area contributed by atoms with Gasteiger partial charge in [-0.05, 0) is 42.2 Å². The molecule has 2 aromatic carbocycles. The van der Waals surface area contributed by atoms with Crippen molar-refractivity contribution in [3.05, 3.63) is 65.5 Å². The Morgan fingerprint density at radius 1 is 1.04 bits per heavy atom. The van der Waals surface area contributed by atoms with Gasteiger partial charge in [-0.1, -0.05) is 30.3 Å². The van der Waals surface area contributed by atoms with Crippen LogP contribution in [0.5, 0.6) is 0 Å². The zero-order chi connectivity index (χ0) is 16.1. The van der Waals surface area contributed by atoms with Crippen LogP contribution in [-0.4, -0.2) is 19.0 Å². The van der Waals surface area contributed by atoms with Crippen molar-refractivity contribution in [1.82, 2.24) is 5.32 Å². The first-order valence-corrected chi connectivity index (χ1v) is 8.06. The van der Waals surface area contributed by atoms with Gasteiger partial charge in [0, 0.05) is 25.3 Å². The Morgan fingerprint density at radius 2 is 1.74 bits per heavy atom. The zero-order valence-corrected chi connectivity index (χ0v) is 13.1. The molecule has 3 rings (SSSR count). The van der Waals surface area contributed by atoms with Gasteiger partial charge in [-0.25, -0.2) is 4.39 Å². The van der Waals surface area contributed by atoms with Crippen LogP contribution in [0.25, 0.3) is 0 Å². The third kappa shape index (κ3) is 4.09. The number of nitrogens with zero attached hydrogens (tertiary/aromatic N) is 1. The van der Waals surface area contributed by atoms with Crippen LogP contribution in [-0.2, 0) is 17.8 Å². The van der Waals surface area contributed by atoms with Gasteiger partial charge in [0.15, 0.2) is 0 Å². The maximum absolute atomic E-state index is 13.5. The Morgan fingerprint density at radius 3 is 2.43 bits per heavy atom. The summed E-state index contributed by atoms with van der Waals surface area (Å²) in [6, 6.07) is 14.7. The molecular weight excluding hydrogens is 291 g/mol. The second-order valence-corrected chi connectivity index (χ2v) is 5.91. The molecule has 1 aliphatic rings. The fraction of sp³-hybridized carbons (Fsp3) is 0.316. The molecule has 1 saturated heterocycles. The normalized spacial score (nSPS) is 14.0. The molecule has 4 heteroatoms. The van der Waals surface area contributed by atoms with E-state index >= 15 is 0 Å². The number of rotatable bonds is 5. The summed E-state index contributed by atoms with van der Waals surface area (Å²) in [5.41, 5.74) is 2.72. The summed E-state index contributed by atoms with van der Waals surface area (Å²) in [6.45, 7) is 2.71.